The molecule has 9 N–H and O–H groups in total. The van der Waals surface area contributed by atoms with E-state index in [0.717, 1.165) is 42.5 Å². The van der Waals surface area contributed by atoms with Crippen LogP contribution in [0.4, 0.5) is 0 Å². The maximum absolute atomic E-state index is 14.1. The molecule has 0 aromatic heterocycles. The third-order valence-corrected chi connectivity index (χ3v) is 7.44. The number of aliphatic hydroxyl groups is 1. The number of phenolic OH excluding ortho intramolecular Hbond substituents is 8. The molecule has 0 saturated carbocycles. The van der Waals surface area contributed by atoms with E-state index in [1.807, 2.05) is 0 Å². The second kappa shape index (κ2) is 9.63. The predicted octanol–water partition coefficient (Wildman–Crippen LogP) is 3.11. The number of carbonyl (C=O) groups excluding carboxylic acids is 2. The van der Waals surface area contributed by atoms with Crippen LogP contribution in [0.5, 0.6) is 57.5 Å². The Bertz CT molecular complexity index is 1850. The smallest absolute Gasteiger partial charge is 0.202 e. The molecule has 0 saturated heterocycles. The average molecular weight is 590 g/mol. The monoisotopic (exact) mass is 590 g/mol. The van der Waals surface area contributed by atoms with Gasteiger partial charge in [-0.25, -0.2) is 0 Å². The minimum absolute atomic E-state index is 0.0141. The van der Waals surface area contributed by atoms with Gasteiger partial charge in [0.2, 0.25) is 5.78 Å². The molecule has 4 aromatic rings. The van der Waals surface area contributed by atoms with Gasteiger partial charge >= 0.3 is 0 Å². The molecule has 4 atom stereocenters. The van der Waals surface area contributed by atoms with E-state index in [1.165, 1.54) is 12.1 Å². The summed E-state index contributed by atoms with van der Waals surface area (Å²) >= 11 is 0. The fraction of sp³-hybridized carbons (Fsp3) is 0.133. The highest BCUT2D eigenvalue weighted by molar-refractivity contribution is 6.10. The molecular formula is C30H22O13. The maximum Gasteiger partial charge on any atom is 0.202 e. The molecule has 220 valence electrons. The zero-order valence-electron chi connectivity index (χ0n) is 21.7. The van der Waals surface area contributed by atoms with Gasteiger partial charge in [0.05, 0.1) is 11.5 Å². The van der Waals surface area contributed by atoms with E-state index in [1.54, 1.807) is 0 Å². The molecule has 6 rings (SSSR count). The van der Waals surface area contributed by atoms with Crippen molar-refractivity contribution in [1.29, 1.82) is 0 Å². The Morgan fingerprint density at radius 3 is 1.72 bits per heavy atom. The van der Waals surface area contributed by atoms with Gasteiger partial charge in [-0.05, 0) is 35.4 Å². The molecule has 0 amide bonds. The number of carbonyl (C=O) groups is 2. The molecule has 2 aliphatic rings. The lowest BCUT2D eigenvalue weighted by Gasteiger charge is -2.37. The zero-order valence-corrected chi connectivity index (χ0v) is 21.7. The molecular weight excluding hydrogens is 568 g/mol. The van der Waals surface area contributed by atoms with E-state index in [2.05, 4.69) is 0 Å². The van der Waals surface area contributed by atoms with Crippen LogP contribution in [-0.4, -0.2) is 63.6 Å². The Morgan fingerprint density at radius 2 is 1.12 bits per heavy atom. The molecule has 0 bridgehead atoms. The van der Waals surface area contributed by atoms with Crippen molar-refractivity contribution >= 4 is 11.6 Å². The molecule has 0 aliphatic carbocycles. The number of aliphatic hydroxyl groups excluding tert-OH is 1. The minimum atomic E-state index is -1.93. The van der Waals surface area contributed by atoms with E-state index >= 15 is 0 Å². The summed E-state index contributed by atoms with van der Waals surface area (Å²) in [4.78, 5) is 27.5. The summed E-state index contributed by atoms with van der Waals surface area (Å²) in [5.74, 6) is -9.20. The molecule has 0 unspecified atom stereocenters. The number of aromatic hydroxyl groups is 8. The van der Waals surface area contributed by atoms with Crippen molar-refractivity contribution in [2.45, 2.75) is 24.2 Å². The van der Waals surface area contributed by atoms with Gasteiger partial charge in [-0.15, -0.1) is 0 Å². The van der Waals surface area contributed by atoms with Crippen molar-refractivity contribution in [3.8, 4) is 57.5 Å². The Kier molecular flexibility index (Phi) is 6.13. The molecule has 0 radical (unpaired) electrons. The number of benzene rings is 4. The third kappa shape index (κ3) is 4.21. The highest BCUT2D eigenvalue weighted by Gasteiger charge is 2.48. The van der Waals surface area contributed by atoms with Crippen LogP contribution in [-0.2, 0) is 0 Å². The Hall–Kier alpha value is -5.82. The Balaban J connectivity index is 1.60. The van der Waals surface area contributed by atoms with Crippen LogP contribution in [0.1, 0.15) is 55.5 Å². The first kappa shape index (κ1) is 27.4. The van der Waals surface area contributed by atoms with Gasteiger partial charge in [-0.2, -0.15) is 0 Å². The summed E-state index contributed by atoms with van der Waals surface area (Å²) in [5.41, 5.74) is -1.29. The fourth-order valence-electron chi connectivity index (χ4n) is 5.44. The molecule has 2 aliphatic heterocycles. The summed E-state index contributed by atoms with van der Waals surface area (Å²) in [5, 5.41) is 93.0. The summed E-state index contributed by atoms with van der Waals surface area (Å²) < 4.78 is 12.0. The first-order valence-corrected chi connectivity index (χ1v) is 12.7. The number of ketones is 2. The van der Waals surface area contributed by atoms with E-state index in [-0.39, 0.29) is 16.9 Å². The molecule has 2 heterocycles. The quantitative estimate of drug-likeness (QED) is 0.156. The zero-order chi connectivity index (χ0) is 30.9. The lowest BCUT2D eigenvalue weighted by Crippen LogP contribution is -2.38. The van der Waals surface area contributed by atoms with Crippen LogP contribution in [0.3, 0.4) is 0 Å². The number of rotatable bonds is 3. The summed E-state index contributed by atoms with van der Waals surface area (Å²) in [6.07, 6.45) is -4.94. The fourth-order valence-corrected chi connectivity index (χ4v) is 5.44. The molecule has 4 aromatic carbocycles. The molecule has 13 nitrogen and oxygen atoms in total. The average Bonchev–Trinajstić information content (AvgIpc) is 2.93. The van der Waals surface area contributed by atoms with Gasteiger partial charge < -0.3 is 55.4 Å². The van der Waals surface area contributed by atoms with Gasteiger partial charge in [-0.1, -0.05) is 12.1 Å². The first-order chi connectivity index (χ1) is 20.4. The molecule has 43 heavy (non-hydrogen) atoms. The SMILES string of the molecule is O=C1c2c(O)cc(O)c([C@@H]3C(=O)c4c(O)cc(O)cc4O[C@H]3c3ccc(O)c(O)c3)c2O[C@H](c2ccc(O)c(O)c2)[C@H]1O. The minimum Gasteiger partial charge on any atom is -0.508 e. The lowest BCUT2D eigenvalue weighted by molar-refractivity contribution is 0.0196. The van der Waals surface area contributed by atoms with E-state index in [9.17, 15) is 55.5 Å². The van der Waals surface area contributed by atoms with Crippen LogP contribution in [0.15, 0.2) is 54.6 Å². The lowest BCUT2D eigenvalue weighted by atomic mass is 9.78. The standard InChI is InChI=1S/C30H22O13/c31-12-7-17(36)21-20(8-12)42-28(10-1-3-13(32)15(34)5-10)24(25(21)39)22-18(37)9-19(38)23-26(40)27(41)29(43-30(22)23)11-2-4-14(33)16(35)6-11/h1-9,24,27-29,31-38,41H/t24-,27+,28+,29-/m1/s1. The predicted molar refractivity (Wildman–Crippen MR) is 143 cm³/mol. The topological polar surface area (TPSA) is 235 Å². The van der Waals surface area contributed by atoms with Crippen molar-refractivity contribution in [2.24, 2.45) is 0 Å². The van der Waals surface area contributed by atoms with Crippen LogP contribution in [0.2, 0.25) is 0 Å². The number of Topliss-reactive ketones (excluding diaryl/α,β-unsaturated/α-hetero) is 2. The summed E-state index contributed by atoms with van der Waals surface area (Å²) in [7, 11) is 0. The van der Waals surface area contributed by atoms with Crippen LogP contribution in [0.25, 0.3) is 0 Å². The molecule has 13 heteroatoms. The second-order valence-electron chi connectivity index (χ2n) is 10.1. The van der Waals surface area contributed by atoms with Gasteiger partial charge in [0.15, 0.2) is 41.0 Å². The van der Waals surface area contributed by atoms with Crippen molar-refractivity contribution in [2.75, 3.05) is 0 Å². The third-order valence-electron chi connectivity index (χ3n) is 7.44. The number of hydrogen-bond donors (Lipinski definition) is 9. The number of hydrogen-bond acceptors (Lipinski definition) is 13. The first-order valence-electron chi connectivity index (χ1n) is 12.7. The van der Waals surface area contributed by atoms with Crippen molar-refractivity contribution in [3.05, 3.63) is 82.4 Å². The van der Waals surface area contributed by atoms with E-state index < -0.39 is 104 Å². The Morgan fingerprint density at radius 1 is 0.535 bits per heavy atom. The van der Waals surface area contributed by atoms with Gasteiger partial charge in [-0.3, -0.25) is 9.59 Å². The number of phenols is 8. The normalized spacial score (nSPS) is 21.0. The van der Waals surface area contributed by atoms with Crippen molar-refractivity contribution in [3.63, 3.8) is 0 Å². The maximum atomic E-state index is 14.1. The Labute approximate surface area is 240 Å². The summed E-state index contributed by atoms with van der Waals surface area (Å²) in [6, 6.07) is 9.57. The van der Waals surface area contributed by atoms with E-state index in [0.29, 0.717) is 0 Å². The highest BCUT2D eigenvalue weighted by atomic mass is 16.5. The molecule has 0 fully saturated rings. The van der Waals surface area contributed by atoms with Gasteiger partial charge in [0.25, 0.3) is 0 Å². The van der Waals surface area contributed by atoms with Crippen LogP contribution >= 0.6 is 0 Å². The van der Waals surface area contributed by atoms with Crippen molar-refractivity contribution in [1.82, 2.24) is 0 Å². The van der Waals surface area contributed by atoms with Crippen LogP contribution < -0.4 is 9.47 Å². The summed E-state index contributed by atoms with van der Waals surface area (Å²) in [6.45, 7) is 0. The van der Waals surface area contributed by atoms with Gasteiger partial charge in [0, 0.05) is 18.2 Å². The van der Waals surface area contributed by atoms with Crippen molar-refractivity contribution < 1.29 is 65.0 Å². The van der Waals surface area contributed by atoms with Crippen LogP contribution in [0, 0.1) is 0 Å². The second-order valence-corrected chi connectivity index (χ2v) is 10.1. The largest absolute Gasteiger partial charge is 0.508 e. The van der Waals surface area contributed by atoms with Gasteiger partial charge in [0.1, 0.15) is 51.7 Å². The number of ether oxygens (including phenoxy) is 2. The number of fused-ring (bicyclic) bond motifs is 2. The highest BCUT2D eigenvalue weighted by Crippen LogP contribution is 2.55. The molecule has 0 spiro atoms. The van der Waals surface area contributed by atoms with E-state index in [4.69, 9.17) is 9.47 Å².